The summed E-state index contributed by atoms with van der Waals surface area (Å²) in [5.41, 5.74) is 33.7. The van der Waals surface area contributed by atoms with Gasteiger partial charge in [-0.3, -0.25) is 68.3 Å². The highest BCUT2D eigenvalue weighted by atomic mass is 32.1. The number of aliphatic hydroxyl groups excluding tert-OH is 2. The maximum absolute atomic E-state index is 15.0. The second-order valence-electron chi connectivity index (χ2n) is 23.9. The second-order valence-corrected chi connectivity index (χ2v) is 24.9. The third-order valence-corrected chi connectivity index (χ3v) is 18.5. The minimum absolute atomic E-state index is 0.0575. The zero-order valence-electron chi connectivity index (χ0n) is 51.6. The first kappa shape index (κ1) is 71.1. The molecule has 7 rings (SSSR count). The van der Waals surface area contributed by atoms with Crippen LogP contribution in [0.3, 0.4) is 0 Å². The number of benzene rings is 1. The van der Waals surface area contributed by atoms with Gasteiger partial charge in [0.2, 0.25) is 47.3 Å². The van der Waals surface area contributed by atoms with Crippen molar-refractivity contribution >= 4 is 88.3 Å². The van der Waals surface area contributed by atoms with E-state index in [2.05, 4.69) is 52.2 Å². The van der Waals surface area contributed by atoms with Crippen LogP contribution in [0, 0.1) is 5.92 Å². The molecule has 0 radical (unpaired) electrons. The fraction of sp³-hybridized carbons (Fsp3) is 0.610. The standard InChI is InChI=1S/C59H89N19O13S/c1-32(71-46(81)29-70-50(85)44-27-36(80)30-77(44)54(89)43-17-8-23-76(43)51(86)39(16-7-21-67-57(63)64)73-48(83)37(60)14-6-20-66-56(61)62)47(82)74-42(31-79)49(84)75-58(65)68-22-10-19-59(55(90)91,45-18-9-24-92-45)78(53(88)41-26-34-12-4-5-15-38(34)72-41)52(87)40-25-33-11-2-3-13-35(33)28-69-40/h2-3,9,11,13,18,24,32,34,36-44,69,72,79-80H,4-8,10,12,14-17,19-23,25-31,60H2,1H3,(H,70,85)(H,71,81)(H,73,83)(H,74,82)(H,90,91)(H4,61,62,66)(H4,63,64,67)(H3,65,68,75,84)/t32?,34-,36?,37+,38-,39?,40+,41-,42?,43?,44?,59?/m0/s1. The van der Waals surface area contributed by atoms with E-state index in [4.69, 9.17) is 34.4 Å². The molecule has 1 aromatic carbocycles. The van der Waals surface area contributed by atoms with Crippen LogP contribution in [-0.4, -0.2) is 213 Å². The number of thiophene rings is 1. The molecule has 1 saturated carbocycles. The third kappa shape index (κ3) is 18.2. The lowest BCUT2D eigenvalue weighted by molar-refractivity contribution is -0.170. The number of amides is 9. The molecule has 22 N–H and O–H groups in total. The average Bonchev–Trinajstić information content (AvgIpc) is 1.19. The number of likely N-dealkylation sites (tertiary alicyclic amines) is 2. The van der Waals surface area contributed by atoms with E-state index in [1.165, 1.54) is 11.8 Å². The number of aliphatic carboxylic acids is 1. The smallest absolute Gasteiger partial charge is 0.335 e. The van der Waals surface area contributed by atoms with Gasteiger partial charge in [-0.05, 0) is 112 Å². The molecule has 2 aromatic rings. The van der Waals surface area contributed by atoms with Crippen molar-refractivity contribution in [1.29, 1.82) is 0 Å². The van der Waals surface area contributed by atoms with E-state index >= 15 is 9.59 Å². The first-order valence-corrected chi connectivity index (χ1v) is 32.1. The van der Waals surface area contributed by atoms with E-state index in [1.54, 1.807) is 17.5 Å². The number of aliphatic hydroxyl groups is 2. The highest BCUT2D eigenvalue weighted by Gasteiger charge is 2.56. The Balaban J connectivity index is 0.918. The molecule has 1 aliphatic carbocycles. The molecule has 4 aliphatic heterocycles. The summed E-state index contributed by atoms with van der Waals surface area (Å²) < 4.78 is 0. The predicted octanol–water partition coefficient (Wildman–Crippen LogP) is -4.80. The molecular formula is C59H89N19O13S. The molecule has 9 amide bonds. The maximum atomic E-state index is 15.0. The molecule has 33 heteroatoms. The molecular weight excluding hydrogens is 1210 g/mol. The summed E-state index contributed by atoms with van der Waals surface area (Å²) in [5.74, 6) is -8.81. The van der Waals surface area contributed by atoms with Gasteiger partial charge in [-0.2, -0.15) is 0 Å². The quantitative estimate of drug-likeness (QED) is 0.0157. The van der Waals surface area contributed by atoms with Gasteiger partial charge in [0, 0.05) is 56.6 Å². The summed E-state index contributed by atoms with van der Waals surface area (Å²) in [6.45, 7) is -0.0345. The molecule has 3 saturated heterocycles. The van der Waals surface area contributed by atoms with Crippen molar-refractivity contribution in [2.24, 2.45) is 55.3 Å². The van der Waals surface area contributed by atoms with Crippen molar-refractivity contribution < 1.29 is 63.3 Å². The number of fused-ring (bicyclic) bond motifs is 2. The lowest BCUT2D eigenvalue weighted by Gasteiger charge is -2.42. The zero-order chi connectivity index (χ0) is 66.8. The van der Waals surface area contributed by atoms with Crippen molar-refractivity contribution in [2.75, 3.05) is 45.9 Å². The van der Waals surface area contributed by atoms with Crippen LogP contribution in [0.5, 0.6) is 0 Å². The van der Waals surface area contributed by atoms with Crippen molar-refractivity contribution in [3.05, 3.63) is 57.8 Å². The predicted molar refractivity (Wildman–Crippen MR) is 338 cm³/mol. The number of nitrogens with one attached hydrogen (secondary N) is 7. The number of β-amino-alcohol motifs (C(OH)–C–C–N with tert-alkyl or cyclic N) is 1. The van der Waals surface area contributed by atoms with Gasteiger partial charge in [0.05, 0.1) is 37.4 Å². The van der Waals surface area contributed by atoms with Crippen LogP contribution >= 0.6 is 11.3 Å². The van der Waals surface area contributed by atoms with Crippen molar-refractivity contribution in [3.63, 3.8) is 0 Å². The SMILES string of the molecule is CC(NC(=O)CNC(=O)C1CC(O)CN1C(=O)C1CCCN1C(=O)C(CCCN=C(N)N)NC(=O)[C@H](N)CCCN=C(N)N)C(=O)NC(CO)C(=O)NC(N)=NCCCC(C(=O)O)(c1cccs1)N(C(=O)[C@@H]1C[C@@H]2CCCC[C@@H]2N1)C(=O)[C@H]1Cc2ccccc2CN1. The molecule has 12 atom stereocenters. The van der Waals surface area contributed by atoms with Crippen LogP contribution < -0.4 is 71.6 Å². The van der Waals surface area contributed by atoms with E-state index in [0.29, 0.717) is 25.8 Å². The van der Waals surface area contributed by atoms with Crippen LogP contribution in [-0.2, 0) is 66.4 Å². The molecule has 7 unspecified atom stereocenters. The molecule has 5 aliphatic rings. The highest BCUT2D eigenvalue weighted by molar-refractivity contribution is 7.10. The van der Waals surface area contributed by atoms with E-state index in [1.807, 2.05) is 24.3 Å². The molecule has 32 nitrogen and oxygen atoms in total. The van der Waals surface area contributed by atoms with Crippen LogP contribution in [0.4, 0.5) is 0 Å². The minimum atomic E-state index is -2.18. The molecule has 92 heavy (non-hydrogen) atoms. The van der Waals surface area contributed by atoms with Crippen molar-refractivity contribution in [3.8, 4) is 0 Å². The number of hydrogen-bond acceptors (Lipinski definition) is 19. The number of aliphatic imine (C=N–C) groups is 3. The number of nitrogens with two attached hydrogens (primary N) is 6. The van der Waals surface area contributed by atoms with Gasteiger partial charge in [0.25, 0.3) is 5.91 Å². The van der Waals surface area contributed by atoms with E-state index in [-0.39, 0.29) is 113 Å². The van der Waals surface area contributed by atoms with Gasteiger partial charge in [0.1, 0.15) is 30.2 Å². The fourth-order valence-electron chi connectivity index (χ4n) is 12.7. The van der Waals surface area contributed by atoms with Crippen molar-refractivity contribution in [1.82, 2.24) is 51.9 Å². The Morgan fingerprint density at radius 2 is 1.43 bits per heavy atom. The minimum Gasteiger partial charge on any atom is -0.479 e. The summed E-state index contributed by atoms with van der Waals surface area (Å²) in [7, 11) is 0. The number of carboxylic acid groups (broad SMARTS) is 1. The topological polar surface area (TPSA) is 519 Å². The molecule has 0 bridgehead atoms. The lowest BCUT2D eigenvalue weighted by Crippen LogP contribution is -2.64. The number of carboxylic acids is 1. The summed E-state index contributed by atoms with van der Waals surface area (Å²) in [5, 5.41) is 52.7. The normalized spacial score (nSPS) is 23.0. The van der Waals surface area contributed by atoms with Crippen LogP contribution in [0.2, 0.25) is 0 Å². The summed E-state index contributed by atoms with van der Waals surface area (Å²) in [4.78, 5) is 155. The van der Waals surface area contributed by atoms with Crippen LogP contribution in [0.1, 0.15) is 113 Å². The third-order valence-electron chi connectivity index (χ3n) is 17.4. The average molecular weight is 1300 g/mol. The number of guanidine groups is 3. The largest absolute Gasteiger partial charge is 0.479 e. The molecule has 504 valence electrons. The fourth-order valence-corrected chi connectivity index (χ4v) is 13.6. The number of imide groups is 1. The lowest BCUT2D eigenvalue weighted by atomic mass is 9.84. The zero-order valence-corrected chi connectivity index (χ0v) is 52.5. The van der Waals surface area contributed by atoms with Gasteiger partial charge in [-0.25, -0.2) is 4.79 Å². The molecule has 0 spiro atoms. The summed E-state index contributed by atoms with van der Waals surface area (Å²) in [6.07, 6.45) is 4.25. The summed E-state index contributed by atoms with van der Waals surface area (Å²) >= 11 is 1.09. The number of carbonyl (C=O) groups is 10. The second kappa shape index (κ2) is 33.3. The van der Waals surface area contributed by atoms with E-state index in [0.717, 1.165) is 57.9 Å². The Bertz CT molecular complexity index is 3060. The Morgan fingerprint density at radius 3 is 2.11 bits per heavy atom. The van der Waals surface area contributed by atoms with Gasteiger partial charge < -0.3 is 91.4 Å². The number of rotatable bonds is 29. The number of hydrogen-bond donors (Lipinski definition) is 16. The first-order chi connectivity index (χ1) is 43.9. The number of nitrogens with zero attached hydrogens (tertiary/aromatic N) is 6. The van der Waals surface area contributed by atoms with Gasteiger partial charge >= 0.3 is 5.97 Å². The molecule has 4 fully saturated rings. The van der Waals surface area contributed by atoms with Gasteiger partial charge in [0.15, 0.2) is 23.4 Å². The van der Waals surface area contributed by atoms with Crippen LogP contribution in [0.15, 0.2) is 56.8 Å². The van der Waals surface area contributed by atoms with Gasteiger partial charge in [-0.1, -0.05) is 43.2 Å². The molecule has 5 heterocycles. The Labute approximate surface area is 536 Å². The molecule has 1 aromatic heterocycles. The highest BCUT2D eigenvalue weighted by Crippen LogP contribution is 2.41. The van der Waals surface area contributed by atoms with Crippen LogP contribution in [0.25, 0.3) is 0 Å². The summed E-state index contributed by atoms with van der Waals surface area (Å²) in [6, 6.07) is 1.63. The monoisotopic (exact) mass is 1300 g/mol. The van der Waals surface area contributed by atoms with E-state index < -0.39 is 138 Å². The number of carbonyl (C=O) groups excluding carboxylic acids is 9. The van der Waals surface area contributed by atoms with E-state index in [9.17, 15) is 53.7 Å². The van der Waals surface area contributed by atoms with Crippen molar-refractivity contribution in [2.45, 2.75) is 176 Å². The maximum Gasteiger partial charge on any atom is 0.335 e. The first-order valence-electron chi connectivity index (χ1n) is 31.2. The Kier molecular flexibility index (Phi) is 25.7. The Hall–Kier alpha value is -8.37. The van der Waals surface area contributed by atoms with Gasteiger partial charge in [-0.15, -0.1) is 11.3 Å². The Morgan fingerprint density at radius 1 is 0.761 bits per heavy atom.